The lowest BCUT2D eigenvalue weighted by molar-refractivity contribution is 0.530. The topological polar surface area (TPSA) is 15.3 Å². The zero-order valence-electron chi connectivity index (χ0n) is 8.88. The Morgan fingerprint density at radius 1 is 1.62 bits per heavy atom. The Labute approximate surface area is 81.3 Å². The molecule has 2 heteroatoms. The molecule has 1 rings (SSSR count). The summed E-state index contributed by atoms with van der Waals surface area (Å²) in [6.07, 6.45) is 10.1. The molecule has 1 aliphatic heterocycles. The monoisotopic (exact) mass is 180 g/mol. The molecule has 13 heavy (non-hydrogen) atoms. The van der Waals surface area contributed by atoms with Gasteiger partial charge in [-0.15, -0.1) is 0 Å². The van der Waals surface area contributed by atoms with E-state index in [0.29, 0.717) is 6.04 Å². The van der Waals surface area contributed by atoms with Crippen molar-refractivity contribution in [2.45, 2.75) is 32.2 Å². The van der Waals surface area contributed by atoms with Crippen LogP contribution in [0.25, 0.3) is 0 Å². The molecule has 1 aliphatic rings. The fraction of sp³-hybridized carbons (Fsp3) is 0.636. The van der Waals surface area contributed by atoms with Crippen molar-refractivity contribution in [2.75, 3.05) is 14.1 Å². The molecule has 1 atom stereocenters. The Hall–Kier alpha value is -0.760. The standard InChI is InChI=1S/C11H20N2/c1-4-6-11(12-2)10-7-5-8-13(3)9-10/h5,8-9,11-12H,4,6-7H2,1-3H3/t11-/m0/s1. The van der Waals surface area contributed by atoms with Gasteiger partial charge in [0.2, 0.25) is 0 Å². The first-order valence-electron chi connectivity index (χ1n) is 5.04. The lowest BCUT2D eigenvalue weighted by Crippen LogP contribution is -2.29. The molecule has 0 bridgehead atoms. The summed E-state index contributed by atoms with van der Waals surface area (Å²) < 4.78 is 0. The Balaban J connectivity index is 2.58. The molecule has 0 amide bonds. The highest BCUT2D eigenvalue weighted by Gasteiger charge is 2.12. The molecule has 0 saturated heterocycles. The van der Waals surface area contributed by atoms with Gasteiger partial charge in [0.25, 0.3) is 0 Å². The average molecular weight is 180 g/mol. The van der Waals surface area contributed by atoms with Crippen LogP contribution in [0.5, 0.6) is 0 Å². The van der Waals surface area contributed by atoms with Gasteiger partial charge < -0.3 is 10.2 Å². The molecule has 1 N–H and O–H groups in total. The highest BCUT2D eigenvalue weighted by Crippen LogP contribution is 2.17. The molecule has 0 unspecified atom stereocenters. The Morgan fingerprint density at radius 2 is 2.38 bits per heavy atom. The highest BCUT2D eigenvalue weighted by atomic mass is 15.1. The van der Waals surface area contributed by atoms with Gasteiger partial charge >= 0.3 is 0 Å². The summed E-state index contributed by atoms with van der Waals surface area (Å²) in [7, 11) is 4.12. The van der Waals surface area contributed by atoms with Gasteiger partial charge in [0.1, 0.15) is 0 Å². The zero-order valence-corrected chi connectivity index (χ0v) is 8.88. The minimum Gasteiger partial charge on any atom is -0.358 e. The van der Waals surface area contributed by atoms with Crippen LogP contribution in [-0.4, -0.2) is 25.0 Å². The van der Waals surface area contributed by atoms with Crippen molar-refractivity contribution in [1.82, 2.24) is 10.2 Å². The van der Waals surface area contributed by atoms with Crippen molar-refractivity contribution in [1.29, 1.82) is 0 Å². The molecular weight excluding hydrogens is 160 g/mol. The number of hydrogen-bond donors (Lipinski definition) is 1. The van der Waals surface area contributed by atoms with Crippen molar-refractivity contribution >= 4 is 0 Å². The van der Waals surface area contributed by atoms with Gasteiger partial charge in [-0.2, -0.15) is 0 Å². The van der Waals surface area contributed by atoms with Gasteiger partial charge in [0.15, 0.2) is 0 Å². The number of hydrogen-bond acceptors (Lipinski definition) is 2. The Morgan fingerprint density at radius 3 is 2.92 bits per heavy atom. The van der Waals surface area contributed by atoms with Crippen molar-refractivity contribution in [3.63, 3.8) is 0 Å². The van der Waals surface area contributed by atoms with E-state index in [1.54, 1.807) is 0 Å². The largest absolute Gasteiger partial charge is 0.358 e. The number of likely N-dealkylation sites (N-methyl/N-ethyl adjacent to an activating group) is 1. The summed E-state index contributed by atoms with van der Waals surface area (Å²) in [6, 6.07) is 0.553. The van der Waals surface area contributed by atoms with Gasteiger partial charge in [-0.25, -0.2) is 0 Å². The first-order valence-corrected chi connectivity index (χ1v) is 5.04. The summed E-state index contributed by atoms with van der Waals surface area (Å²) in [5.41, 5.74) is 1.49. The third kappa shape index (κ3) is 2.88. The van der Waals surface area contributed by atoms with E-state index in [4.69, 9.17) is 0 Å². The van der Waals surface area contributed by atoms with E-state index in [-0.39, 0.29) is 0 Å². The highest BCUT2D eigenvalue weighted by molar-refractivity contribution is 5.18. The molecule has 0 saturated carbocycles. The first-order chi connectivity index (χ1) is 6.27. The summed E-state index contributed by atoms with van der Waals surface area (Å²) in [6.45, 7) is 2.23. The SMILES string of the molecule is CCC[C@H](NC)C1=CN(C)C=CC1. The van der Waals surface area contributed by atoms with E-state index >= 15 is 0 Å². The molecule has 0 aromatic heterocycles. The van der Waals surface area contributed by atoms with E-state index in [2.05, 4.69) is 42.7 Å². The normalized spacial score (nSPS) is 18.7. The minimum absolute atomic E-state index is 0.553. The maximum atomic E-state index is 3.36. The van der Waals surface area contributed by atoms with Gasteiger partial charge in [-0.3, -0.25) is 0 Å². The van der Waals surface area contributed by atoms with E-state index in [9.17, 15) is 0 Å². The van der Waals surface area contributed by atoms with Gasteiger partial charge in [-0.05, 0) is 31.7 Å². The van der Waals surface area contributed by atoms with Crippen molar-refractivity contribution in [3.05, 3.63) is 24.0 Å². The van der Waals surface area contributed by atoms with Crippen LogP contribution in [0.2, 0.25) is 0 Å². The zero-order chi connectivity index (χ0) is 9.68. The average Bonchev–Trinajstić information content (AvgIpc) is 2.14. The van der Waals surface area contributed by atoms with Crippen LogP contribution >= 0.6 is 0 Å². The smallest absolute Gasteiger partial charge is 0.0297 e. The summed E-state index contributed by atoms with van der Waals surface area (Å²) in [5, 5.41) is 3.36. The van der Waals surface area contributed by atoms with Crippen LogP contribution in [0.4, 0.5) is 0 Å². The fourth-order valence-electron chi connectivity index (χ4n) is 1.75. The van der Waals surface area contributed by atoms with Gasteiger partial charge in [0, 0.05) is 19.3 Å². The lowest BCUT2D eigenvalue weighted by atomic mass is 9.99. The fourth-order valence-corrected chi connectivity index (χ4v) is 1.75. The van der Waals surface area contributed by atoms with Crippen LogP contribution < -0.4 is 5.32 Å². The molecule has 0 spiro atoms. The second kappa shape index (κ2) is 5.07. The molecule has 0 radical (unpaired) electrons. The van der Waals surface area contributed by atoms with E-state index < -0.39 is 0 Å². The van der Waals surface area contributed by atoms with Crippen LogP contribution in [-0.2, 0) is 0 Å². The lowest BCUT2D eigenvalue weighted by Gasteiger charge is -2.23. The Kier molecular flexibility index (Phi) is 4.03. The summed E-state index contributed by atoms with van der Waals surface area (Å²) in [4.78, 5) is 2.12. The van der Waals surface area contributed by atoms with E-state index in [0.717, 1.165) is 6.42 Å². The van der Waals surface area contributed by atoms with Gasteiger partial charge in [-0.1, -0.05) is 19.4 Å². The van der Waals surface area contributed by atoms with Crippen molar-refractivity contribution in [2.24, 2.45) is 0 Å². The molecule has 0 fully saturated rings. The van der Waals surface area contributed by atoms with E-state index in [1.807, 2.05) is 7.05 Å². The van der Waals surface area contributed by atoms with Crippen LogP contribution in [0.1, 0.15) is 26.2 Å². The second-order valence-electron chi connectivity index (χ2n) is 3.59. The van der Waals surface area contributed by atoms with Crippen LogP contribution in [0, 0.1) is 0 Å². The molecule has 1 heterocycles. The quantitative estimate of drug-likeness (QED) is 0.713. The maximum absolute atomic E-state index is 3.36. The number of rotatable bonds is 4. The molecular formula is C11H20N2. The number of nitrogens with one attached hydrogen (secondary N) is 1. The summed E-state index contributed by atoms with van der Waals surface area (Å²) in [5.74, 6) is 0. The Bertz CT molecular complexity index is 206. The van der Waals surface area contributed by atoms with Crippen molar-refractivity contribution in [3.8, 4) is 0 Å². The molecule has 2 nitrogen and oxygen atoms in total. The third-order valence-electron chi connectivity index (χ3n) is 2.44. The maximum Gasteiger partial charge on any atom is 0.0297 e. The number of allylic oxidation sites excluding steroid dienone is 1. The second-order valence-corrected chi connectivity index (χ2v) is 3.59. The molecule has 74 valence electrons. The van der Waals surface area contributed by atoms with E-state index in [1.165, 1.54) is 18.4 Å². The predicted molar refractivity (Wildman–Crippen MR) is 57.4 cm³/mol. The molecule has 0 aliphatic carbocycles. The summed E-state index contributed by atoms with van der Waals surface area (Å²) >= 11 is 0. The minimum atomic E-state index is 0.553. The number of nitrogens with zero attached hydrogens (tertiary/aromatic N) is 1. The molecule has 0 aromatic rings. The third-order valence-corrected chi connectivity index (χ3v) is 2.44. The molecule has 0 aromatic carbocycles. The first kappa shape index (κ1) is 10.3. The van der Waals surface area contributed by atoms with Gasteiger partial charge in [0.05, 0.1) is 0 Å². The van der Waals surface area contributed by atoms with Crippen LogP contribution in [0.3, 0.4) is 0 Å². The van der Waals surface area contributed by atoms with Crippen molar-refractivity contribution < 1.29 is 0 Å². The predicted octanol–water partition coefficient (Wildman–Crippen LogP) is 2.11. The van der Waals surface area contributed by atoms with Crippen LogP contribution in [0.15, 0.2) is 24.0 Å².